The standard InChI is InChI=1S/C17H14BO2/c1-11(19)20-17-10-15-8-13-6-4-3-5-12(13)7-14(15)9-16(17)18-2/h3-10H,1-2H3. The zero-order chi connectivity index (χ0) is 14.1. The van der Waals surface area contributed by atoms with E-state index in [0.29, 0.717) is 5.75 Å². The van der Waals surface area contributed by atoms with Crippen LogP contribution >= 0.6 is 0 Å². The molecule has 0 spiro atoms. The van der Waals surface area contributed by atoms with E-state index in [2.05, 4.69) is 30.3 Å². The van der Waals surface area contributed by atoms with Gasteiger partial charge < -0.3 is 4.74 Å². The van der Waals surface area contributed by atoms with Gasteiger partial charge in [-0.3, -0.25) is 4.79 Å². The number of carbonyl (C=O) groups excluding carboxylic acids is 1. The molecule has 97 valence electrons. The first-order chi connectivity index (χ1) is 9.67. The van der Waals surface area contributed by atoms with Crippen LogP contribution in [0.1, 0.15) is 6.92 Å². The van der Waals surface area contributed by atoms with E-state index < -0.39 is 0 Å². The maximum atomic E-state index is 11.2. The summed E-state index contributed by atoms with van der Waals surface area (Å²) < 4.78 is 5.29. The minimum absolute atomic E-state index is 0.298. The number of esters is 1. The lowest BCUT2D eigenvalue weighted by Crippen LogP contribution is -2.17. The van der Waals surface area contributed by atoms with Gasteiger partial charge in [-0.05, 0) is 45.2 Å². The number of hydrogen-bond donors (Lipinski definition) is 0. The van der Waals surface area contributed by atoms with Crippen molar-refractivity contribution in [1.82, 2.24) is 0 Å². The molecule has 0 aliphatic rings. The molecule has 0 N–H and O–H groups in total. The maximum Gasteiger partial charge on any atom is 0.308 e. The second kappa shape index (κ2) is 5.01. The molecule has 3 aromatic rings. The van der Waals surface area contributed by atoms with Crippen LogP contribution in [0.15, 0.2) is 48.5 Å². The van der Waals surface area contributed by atoms with E-state index in [9.17, 15) is 4.79 Å². The quantitative estimate of drug-likeness (QED) is 0.306. The van der Waals surface area contributed by atoms with Gasteiger partial charge in [0.25, 0.3) is 0 Å². The third-order valence-electron chi connectivity index (χ3n) is 3.40. The van der Waals surface area contributed by atoms with Crippen molar-refractivity contribution in [1.29, 1.82) is 0 Å². The van der Waals surface area contributed by atoms with Crippen molar-refractivity contribution in [2.45, 2.75) is 13.7 Å². The Morgan fingerprint density at radius 3 is 2.10 bits per heavy atom. The average Bonchev–Trinajstić information content (AvgIpc) is 2.44. The first kappa shape index (κ1) is 12.7. The van der Waals surface area contributed by atoms with Crippen LogP contribution in [0.4, 0.5) is 0 Å². The van der Waals surface area contributed by atoms with Crippen molar-refractivity contribution >= 4 is 40.3 Å². The number of benzene rings is 3. The van der Waals surface area contributed by atoms with E-state index >= 15 is 0 Å². The summed E-state index contributed by atoms with van der Waals surface area (Å²) in [7, 11) is 1.95. The van der Waals surface area contributed by atoms with Gasteiger partial charge in [0.05, 0.1) is 0 Å². The van der Waals surface area contributed by atoms with E-state index in [-0.39, 0.29) is 5.97 Å². The summed E-state index contributed by atoms with van der Waals surface area (Å²) in [5.41, 5.74) is 0.933. The molecule has 0 atom stereocenters. The van der Waals surface area contributed by atoms with Crippen LogP contribution in [-0.4, -0.2) is 13.2 Å². The maximum absolute atomic E-state index is 11.2. The summed E-state index contributed by atoms with van der Waals surface area (Å²) in [6, 6.07) is 16.5. The summed E-state index contributed by atoms with van der Waals surface area (Å²) in [4.78, 5) is 11.2. The minimum Gasteiger partial charge on any atom is -0.427 e. The molecule has 0 aromatic heterocycles. The van der Waals surface area contributed by atoms with Crippen molar-refractivity contribution < 1.29 is 9.53 Å². The molecule has 0 fully saturated rings. The van der Waals surface area contributed by atoms with Crippen LogP contribution in [0.3, 0.4) is 0 Å². The first-order valence-corrected chi connectivity index (χ1v) is 6.62. The smallest absolute Gasteiger partial charge is 0.308 e. The monoisotopic (exact) mass is 261 g/mol. The highest BCUT2D eigenvalue weighted by atomic mass is 16.5. The van der Waals surface area contributed by atoms with Gasteiger partial charge in [-0.2, -0.15) is 0 Å². The van der Waals surface area contributed by atoms with Gasteiger partial charge in [-0.25, -0.2) is 0 Å². The van der Waals surface area contributed by atoms with Gasteiger partial charge in [0.1, 0.15) is 5.75 Å². The fraction of sp³-hybridized carbons (Fsp3) is 0.118. The van der Waals surface area contributed by atoms with Crippen LogP contribution in [0.25, 0.3) is 21.5 Å². The number of rotatable bonds is 2. The summed E-state index contributed by atoms with van der Waals surface area (Å²) in [6.45, 7) is 3.36. The van der Waals surface area contributed by atoms with E-state index in [1.54, 1.807) is 0 Å². The lowest BCUT2D eigenvalue weighted by molar-refractivity contribution is -0.131. The molecule has 3 rings (SSSR count). The molecule has 0 aliphatic carbocycles. The molecule has 0 aliphatic heterocycles. The summed E-state index contributed by atoms with van der Waals surface area (Å²) in [6.07, 6.45) is 0. The molecular formula is C17H14BO2. The average molecular weight is 261 g/mol. The zero-order valence-electron chi connectivity index (χ0n) is 11.5. The van der Waals surface area contributed by atoms with Gasteiger partial charge in [-0.15, -0.1) is 0 Å². The summed E-state index contributed by atoms with van der Waals surface area (Å²) in [5, 5.41) is 4.61. The fourth-order valence-electron chi connectivity index (χ4n) is 2.46. The van der Waals surface area contributed by atoms with Crippen molar-refractivity contribution in [3.8, 4) is 5.75 Å². The molecule has 20 heavy (non-hydrogen) atoms. The SMILES string of the molecule is C[B]c1cc2cc3ccccc3cc2cc1OC(C)=O. The highest BCUT2D eigenvalue weighted by molar-refractivity contribution is 6.53. The van der Waals surface area contributed by atoms with Gasteiger partial charge >= 0.3 is 5.97 Å². The number of fused-ring (bicyclic) bond motifs is 2. The second-order valence-corrected chi connectivity index (χ2v) is 4.82. The Labute approximate surface area is 118 Å². The fourth-order valence-corrected chi connectivity index (χ4v) is 2.46. The normalized spacial score (nSPS) is 10.7. The highest BCUT2D eigenvalue weighted by Gasteiger charge is 2.08. The third kappa shape index (κ3) is 2.27. The second-order valence-electron chi connectivity index (χ2n) is 4.82. The molecule has 0 saturated heterocycles. The van der Waals surface area contributed by atoms with E-state index in [0.717, 1.165) is 16.2 Å². The Kier molecular flexibility index (Phi) is 3.19. The molecule has 0 bridgehead atoms. The molecule has 0 saturated carbocycles. The molecule has 0 amide bonds. The molecule has 3 heteroatoms. The zero-order valence-corrected chi connectivity index (χ0v) is 11.5. The third-order valence-corrected chi connectivity index (χ3v) is 3.40. The van der Waals surface area contributed by atoms with Gasteiger partial charge in [0.15, 0.2) is 7.28 Å². The minimum atomic E-state index is -0.298. The summed E-state index contributed by atoms with van der Waals surface area (Å²) >= 11 is 0. The first-order valence-electron chi connectivity index (χ1n) is 6.62. The lowest BCUT2D eigenvalue weighted by atomic mass is 9.72. The van der Waals surface area contributed by atoms with E-state index in [4.69, 9.17) is 4.74 Å². The Morgan fingerprint density at radius 2 is 1.55 bits per heavy atom. The topological polar surface area (TPSA) is 26.3 Å². The van der Waals surface area contributed by atoms with Crippen LogP contribution in [0.5, 0.6) is 5.75 Å². The number of hydrogen-bond acceptors (Lipinski definition) is 2. The molecule has 2 nitrogen and oxygen atoms in total. The number of ether oxygens (including phenoxy) is 1. The Balaban J connectivity index is 2.26. The van der Waals surface area contributed by atoms with Crippen LogP contribution in [-0.2, 0) is 4.79 Å². The van der Waals surface area contributed by atoms with E-state index in [1.807, 2.05) is 32.3 Å². The summed E-state index contributed by atoms with van der Waals surface area (Å²) in [5.74, 6) is 0.316. The van der Waals surface area contributed by atoms with Gasteiger partial charge in [0, 0.05) is 6.92 Å². The van der Waals surface area contributed by atoms with Gasteiger partial charge in [-0.1, -0.05) is 37.2 Å². The molecule has 3 aromatic carbocycles. The molecule has 0 heterocycles. The predicted molar refractivity (Wildman–Crippen MR) is 84.0 cm³/mol. The van der Waals surface area contributed by atoms with Crippen molar-refractivity contribution in [3.05, 3.63) is 48.5 Å². The van der Waals surface area contributed by atoms with Crippen molar-refractivity contribution in [2.24, 2.45) is 0 Å². The Morgan fingerprint density at radius 1 is 0.950 bits per heavy atom. The Bertz CT molecular complexity index is 809. The predicted octanol–water partition coefficient (Wildman–Crippen LogP) is 3.30. The van der Waals surface area contributed by atoms with E-state index in [1.165, 1.54) is 17.7 Å². The van der Waals surface area contributed by atoms with Crippen molar-refractivity contribution in [3.63, 3.8) is 0 Å². The van der Waals surface area contributed by atoms with Crippen LogP contribution < -0.4 is 10.2 Å². The molecule has 0 unspecified atom stereocenters. The Hall–Kier alpha value is -2.29. The van der Waals surface area contributed by atoms with Crippen molar-refractivity contribution in [2.75, 3.05) is 0 Å². The molecule has 1 radical (unpaired) electrons. The van der Waals surface area contributed by atoms with Crippen LogP contribution in [0.2, 0.25) is 6.82 Å². The largest absolute Gasteiger partial charge is 0.427 e. The van der Waals surface area contributed by atoms with Gasteiger partial charge in [0.2, 0.25) is 0 Å². The number of carbonyl (C=O) groups is 1. The molecular weight excluding hydrogens is 247 g/mol. The van der Waals surface area contributed by atoms with Crippen LogP contribution in [0, 0.1) is 0 Å². The lowest BCUT2D eigenvalue weighted by Gasteiger charge is -2.10. The highest BCUT2D eigenvalue weighted by Crippen LogP contribution is 2.25.